The summed E-state index contributed by atoms with van der Waals surface area (Å²) in [4.78, 5) is 23.5. The summed E-state index contributed by atoms with van der Waals surface area (Å²) in [7, 11) is 4.26. The number of rotatable bonds is 8. The molecule has 2 rings (SSSR count). The monoisotopic (exact) mass is 447 g/mol. The number of nitrogens with one attached hydrogen (secondary N) is 1. The molecule has 30 heavy (non-hydrogen) atoms. The molecule has 7 nitrogen and oxygen atoms in total. The van der Waals surface area contributed by atoms with Crippen LogP contribution in [0.25, 0.3) is 0 Å². The van der Waals surface area contributed by atoms with E-state index in [1.165, 1.54) is 28.3 Å². The molecular weight excluding hydrogens is 427 g/mol. The fourth-order valence-electron chi connectivity index (χ4n) is 2.58. The van der Waals surface area contributed by atoms with Crippen LogP contribution >= 0.6 is 11.3 Å². The van der Waals surface area contributed by atoms with Crippen LogP contribution in [0.4, 0.5) is 18.2 Å². The Morgan fingerprint density at radius 3 is 2.10 bits per heavy atom. The molecule has 0 aliphatic rings. The Morgan fingerprint density at radius 2 is 1.63 bits per heavy atom. The molecule has 0 aliphatic heterocycles. The zero-order valence-corrected chi connectivity index (χ0v) is 17.5. The van der Waals surface area contributed by atoms with Crippen LogP contribution in [0.5, 0.6) is 17.2 Å². The van der Waals surface area contributed by atoms with E-state index in [4.69, 9.17) is 18.9 Å². The average Bonchev–Trinajstić information content (AvgIpc) is 3.11. The number of benzene rings is 1. The van der Waals surface area contributed by atoms with Crippen molar-refractivity contribution >= 4 is 28.2 Å². The minimum absolute atomic E-state index is 0.0190. The highest BCUT2D eigenvalue weighted by Crippen LogP contribution is 2.40. The topological polar surface area (TPSA) is 83.1 Å². The van der Waals surface area contributed by atoms with Crippen LogP contribution in [0, 0.1) is 0 Å². The maximum absolute atomic E-state index is 13.1. The number of hydrogen-bond acceptors (Lipinski definition) is 7. The first-order valence-corrected chi connectivity index (χ1v) is 9.43. The van der Waals surface area contributed by atoms with Crippen molar-refractivity contribution in [1.82, 2.24) is 0 Å². The molecule has 164 valence electrons. The van der Waals surface area contributed by atoms with Crippen molar-refractivity contribution in [3.8, 4) is 17.2 Å². The number of carbonyl (C=O) groups is 2. The molecule has 11 heteroatoms. The summed E-state index contributed by atoms with van der Waals surface area (Å²) in [6.45, 7) is 1.51. The fourth-order valence-corrected chi connectivity index (χ4v) is 3.51. The molecule has 0 fully saturated rings. The zero-order chi connectivity index (χ0) is 22.5. The smallest absolute Gasteiger partial charge is 0.425 e. The predicted octanol–water partition coefficient (Wildman–Crippen LogP) is 4.15. The summed E-state index contributed by atoms with van der Waals surface area (Å²) in [5.41, 5.74) is 0.111. The Balaban J connectivity index is 2.30. The van der Waals surface area contributed by atoms with Gasteiger partial charge in [-0.15, -0.1) is 11.3 Å². The third-order valence-corrected chi connectivity index (χ3v) is 4.94. The fraction of sp³-hybridized carbons (Fsp3) is 0.368. The van der Waals surface area contributed by atoms with E-state index >= 15 is 0 Å². The summed E-state index contributed by atoms with van der Waals surface area (Å²) in [5, 5.41) is 2.12. The number of amides is 1. The van der Waals surface area contributed by atoms with Gasteiger partial charge < -0.3 is 24.3 Å². The van der Waals surface area contributed by atoms with Crippen LogP contribution in [-0.2, 0) is 22.1 Å². The van der Waals surface area contributed by atoms with Gasteiger partial charge in [-0.25, -0.2) is 4.79 Å². The van der Waals surface area contributed by atoms with Crippen LogP contribution in [0.1, 0.15) is 27.7 Å². The van der Waals surface area contributed by atoms with E-state index in [-0.39, 0.29) is 34.9 Å². The van der Waals surface area contributed by atoms with Gasteiger partial charge in [0.05, 0.1) is 39.9 Å². The summed E-state index contributed by atoms with van der Waals surface area (Å²) in [6.07, 6.45) is -4.87. The molecule has 1 N–H and O–H groups in total. The highest BCUT2D eigenvalue weighted by molar-refractivity contribution is 7.16. The molecule has 0 atom stereocenters. The van der Waals surface area contributed by atoms with Crippen molar-refractivity contribution in [2.45, 2.75) is 19.5 Å². The number of anilines is 1. The van der Waals surface area contributed by atoms with Gasteiger partial charge in [-0.2, -0.15) is 13.2 Å². The molecule has 0 spiro atoms. The maximum atomic E-state index is 13.1. The van der Waals surface area contributed by atoms with Crippen LogP contribution in [0.2, 0.25) is 0 Å². The van der Waals surface area contributed by atoms with E-state index in [0.29, 0.717) is 28.9 Å². The average molecular weight is 447 g/mol. The Bertz CT molecular complexity index is 900. The standard InChI is InChI=1S/C19H20F3NO6S/c1-5-29-18(25)11-9-14(19(20,21)22)30-17(11)23-15(24)8-10-6-12(26-2)16(28-4)13(7-10)27-3/h6-7,9H,5,8H2,1-4H3,(H,23,24). The lowest BCUT2D eigenvalue weighted by Crippen LogP contribution is -2.16. The van der Waals surface area contributed by atoms with Gasteiger partial charge in [0.1, 0.15) is 9.88 Å². The van der Waals surface area contributed by atoms with E-state index < -0.39 is 22.9 Å². The van der Waals surface area contributed by atoms with Crippen molar-refractivity contribution in [3.63, 3.8) is 0 Å². The first-order valence-electron chi connectivity index (χ1n) is 8.61. The minimum Gasteiger partial charge on any atom is -0.493 e. The van der Waals surface area contributed by atoms with Gasteiger partial charge in [-0.05, 0) is 30.7 Å². The molecule has 0 bridgehead atoms. The van der Waals surface area contributed by atoms with Gasteiger partial charge in [0.25, 0.3) is 0 Å². The van der Waals surface area contributed by atoms with E-state index in [0.717, 1.165) is 0 Å². The van der Waals surface area contributed by atoms with Gasteiger partial charge in [0.2, 0.25) is 11.7 Å². The van der Waals surface area contributed by atoms with Gasteiger partial charge in [-0.3, -0.25) is 4.79 Å². The molecular formula is C19H20F3NO6S. The Morgan fingerprint density at radius 1 is 1.03 bits per heavy atom. The van der Waals surface area contributed by atoms with Crippen molar-refractivity contribution in [1.29, 1.82) is 0 Å². The first-order chi connectivity index (χ1) is 14.1. The molecule has 0 saturated carbocycles. The zero-order valence-electron chi connectivity index (χ0n) is 16.6. The second-order valence-corrected chi connectivity index (χ2v) is 6.88. The number of thiophene rings is 1. The minimum atomic E-state index is -4.66. The van der Waals surface area contributed by atoms with Crippen molar-refractivity contribution in [3.05, 3.63) is 34.2 Å². The van der Waals surface area contributed by atoms with Crippen molar-refractivity contribution < 1.29 is 41.7 Å². The highest BCUT2D eigenvalue weighted by atomic mass is 32.1. The van der Waals surface area contributed by atoms with E-state index in [9.17, 15) is 22.8 Å². The second kappa shape index (κ2) is 9.70. The Kier molecular flexibility index (Phi) is 7.54. The van der Waals surface area contributed by atoms with E-state index in [2.05, 4.69) is 5.32 Å². The van der Waals surface area contributed by atoms with Crippen molar-refractivity contribution in [2.75, 3.05) is 33.3 Å². The lowest BCUT2D eigenvalue weighted by Gasteiger charge is -2.14. The summed E-state index contributed by atoms with van der Waals surface area (Å²) >= 11 is 0.254. The lowest BCUT2D eigenvalue weighted by molar-refractivity contribution is -0.134. The lowest BCUT2D eigenvalue weighted by atomic mass is 10.1. The Labute approximate surface area is 174 Å². The molecule has 1 heterocycles. The first kappa shape index (κ1) is 23.3. The van der Waals surface area contributed by atoms with Crippen LogP contribution < -0.4 is 19.5 Å². The van der Waals surface area contributed by atoms with E-state index in [1.54, 1.807) is 12.1 Å². The largest absolute Gasteiger partial charge is 0.493 e. The molecule has 0 saturated heterocycles. The third kappa shape index (κ3) is 5.35. The maximum Gasteiger partial charge on any atom is 0.425 e. The molecule has 0 radical (unpaired) electrons. The van der Waals surface area contributed by atoms with Crippen molar-refractivity contribution in [2.24, 2.45) is 0 Å². The number of carbonyl (C=O) groups excluding carboxylic acids is 2. The molecule has 1 amide bonds. The summed E-state index contributed by atoms with van der Waals surface area (Å²) in [6, 6.07) is 3.75. The molecule has 1 aromatic heterocycles. The number of alkyl halides is 3. The molecule has 0 aliphatic carbocycles. The van der Waals surface area contributed by atoms with E-state index in [1.807, 2.05) is 0 Å². The van der Waals surface area contributed by atoms with Gasteiger partial charge in [0, 0.05) is 0 Å². The van der Waals surface area contributed by atoms with Crippen LogP contribution in [0.3, 0.4) is 0 Å². The Hall–Kier alpha value is -2.95. The summed E-state index contributed by atoms with van der Waals surface area (Å²) in [5.74, 6) is -0.607. The van der Waals surface area contributed by atoms with Gasteiger partial charge in [-0.1, -0.05) is 0 Å². The van der Waals surface area contributed by atoms with Crippen LogP contribution in [0.15, 0.2) is 18.2 Å². The normalized spacial score (nSPS) is 11.0. The van der Waals surface area contributed by atoms with Gasteiger partial charge in [0.15, 0.2) is 11.5 Å². The van der Waals surface area contributed by atoms with Crippen LogP contribution in [-0.4, -0.2) is 39.8 Å². The molecule has 2 aromatic rings. The predicted molar refractivity (Wildman–Crippen MR) is 104 cm³/mol. The number of halogens is 3. The number of ether oxygens (including phenoxy) is 4. The second-order valence-electron chi connectivity index (χ2n) is 5.83. The third-order valence-electron chi connectivity index (χ3n) is 3.85. The number of esters is 1. The summed E-state index contributed by atoms with van der Waals surface area (Å²) < 4.78 is 59.6. The molecule has 0 unspecified atom stereocenters. The molecule has 1 aromatic carbocycles. The number of hydrogen-bond donors (Lipinski definition) is 1. The van der Waals surface area contributed by atoms with Gasteiger partial charge >= 0.3 is 12.1 Å². The SMILES string of the molecule is CCOC(=O)c1cc(C(F)(F)F)sc1NC(=O)Cc1cc(OC)c(OC)c(OC)c1. The quantitative estimate of drug-likeness (QED) is 0.612. The highest BCUT2D eigenvalue weighted by Gasteiger charge is 2.35. The number of methoxy groups -OCH3 is 3.